The van der Waals surface area contributed by atoms with Crippen molar-refractivity contribution < 1.29 is 14.7 Å². The molecule has 1 aromatic carbocycles. The Balaban J connectivity index is 2.88. The fourth-order valence-corrected chi connectivity index (χ4v) is 2.10. The van der Waals surface area contributed by atoms with E-state index in [4.69, 9.17) is 5.11 Å². The highest BCUT2D eigenvalue weighted by Gasteiger charge is 2.20. The standard InChI is InChI=1S/C13H13NO3/c1-3-8-5-4-6-9-10(7(2)15)12(13(16)17)14-11(8)9/h4-6,14H,3H2,1-2H3,(H,16,17). The summed E-state index contributed by atoms with van der Waals surface area (Å²) in [6.07, 6.45) is 0.786. The Labute approximate surface area is 98.3 Å². The highest BCUT2D eigenvalue weighted by molar-refractivity contribution is 6.14. The molecule has 88 valence electrons. The number of para-hydroxylation sites is 1. The Kier molecular flexibility index (Phi) is 2.71. The number of hydrogen-bond acceptors (Lipinski definition) is 2. The van der Waals surface area contributed by atoms with E-state index in [1.165, 1.54) is 6.92 Å². The van der Waals surface area contributed by atoms with E-state index in [-0.39, 0.29) is 17.0 Å². The minimum Gasteiger partial charge on any atom is -0.477 e. The molecule has 1 heterocycles. The summed E-state index contributed by atoms with van der Waals surface area (Å²) in [7, 11) is 0. The lowest BCUT2D eigenvalue weighted by atomic mass is 10.0. The van der Waals surface area contributed by atoms with Crippen LogP contribution in [0.25, 0.3) is 10.9 Å². The SMILES string of the molecule is CCc1cccc2c(C(C)=O)c(C(=O)O)[nH]c12. The lowest BCUT2D eigenvalue weighted by molar-refractivity contribution is 0.0687. The molecule has 0 aliphatic rings. The number of carboxylic acids is 1. The number of carbonyl (C=O) groups is 2. The van der Waals surface area contributed by atoms with Gasteiger partial charge in [-0.1, -0.05) is 25.1 Å². The van der Waals surface area contributed by atoms with Crippen molar-refractivity contribution in [2.75, 3.05) is 0 Å². The fourth-order valence-electron chi connectivity index (χ4n) is 2.10. The van der Waals surface area contributed by atoms with Crippen LogP contribution in [0.5, 0.6) is 0 Å². The van der Waals surface area contributed by atoms with Gasteiger partial charge in [-0.05, 0) is 18.9 Å². The van der Waals surface area contributed by atoms with Crippen molar-refractivity contribution in [1.82, 2.24) is 4.98 Å². The lowest BCUT2D eigenvalue weighted by Crippen LogP contribution is -2.04. The van der Waals surface area contributed by atoms with E-state index in [0.717, 1.165) is 17.5 Å². The number of Topliss-reactive ketones (excluding diaryl/α,β-unsaturated/α-hetero) is 1. The number of aryl methyl sites for hydroxylation is 1. The molecule has 0 bridgehead atoms. The molecule has 0 radical (unpaired) electrons. The third kappa shape index (κ3) is 1.71. The summed E-state index contributed by atoms with van der Waals surface area (Å²) in [6.45, 7) is 3.37. The number of nitrogens with one attached hydrogen (secondary N) is 1. The van der Waals surface area contributed by atoms with E-state index in [9.17, 15) is 9.59 Å². The predicted octanol–water partition coefficient (Wildman–Crippen LogP) is 2.63. The highest BCUT2D eigenvalue weighted by atomic mass is 16.4. The summed E-state index contributed by atoms with van der Waals surface area (Å²) in [6, 6.07) is 5.54. The molecular formula is C13H13NO3. The van der Waals surface area contributed by atoms with Gasteiger partial charge in [-0.3, -0.25) is 4.79 Å². The number of carbonyl (C=O) groups excluding carboxylic acids is 1. The van der Waals surface area contributed by atoms with Crippen LogP contribution < -0.4 is 0 Å². The number of aromatic nitrogens is 1. The minimum absolute atomic E-state index is 0.0200. The Morgan fingerprint density at radius 3 is 2.59 bits per heavy atom. The van der Waals surface area contributed by atoms with Crippen molar-refractivity contribution in [3.63, 3.8) is 0 Å². The molecule has 1 aromatic heterocycles. The van der Waals surface area contributed by atoms with Gasteiger partial charge >= 0.3 is 5.97 Å². The summed E-state index contributed by atoms with van der Waals surface area (Å²) in [5.41, 5.74) is 2.01. The Morgan fingerprint density at radius 1 is 1.35 bits per heavy atom. The van der Waals surface area contributed by atoms with E-state index in [0.29, 0.717) is 5.39 Å². The molecule has 4 heteroatoms. The van der Waals surface area contributed by atoms with Crippen LogP contribution in [0.1, 0.15) is 40.3 Å². The zero-order chi connectivity index (χ0) is 12.6. The van der Waals surface area contributed by atoms with Crippen molar-refractivity contribution >= 4 is 22.7 Å². The normalized spacial score (nSPS) is 10.7. The average molecular weight is 231 g/mol. The molecule has 0 aliphatic heterocycles. The lowest BCUT2D eigenvalue weighted by Gasteiger charge is -1.98. The maximum Gasteiger partial charge on any atom is 0.353 e. The van der Waals surface area contributed by atoms with E-state index in [2.05, 4.69) is 4.98 Å². The summed E-state index contributed by atoms with van der Waals surface area (Å²) in [4.78, 5) is 25.5. The van der Waals surface area contributed by atoms with Crippen LogP contribution >= 0.6 is 0 Å². The fraction of sp³-hybridized carbons (Fsp3) is 0.231. The zero-order valence-corrected chi connectivity index (χ0v) is 9.70. The van der Waals surface area contributed by atoms with Gasteiger partial charge in [0.25, 0.3) is 0 Å². The van der Waals surface area contributed by atoms with E-state index in [1.54, 1.807) is 6.07 Å². The third-order valence-electron chi connectivity index (χ3n) is 2.87. The van der Waals surface area contributed by atoms with Gasteiger partial charge in [0.05, 0.1) is 11.1 Å². The van der Waals surface area contributed by atoms with Crippen molar-refractivity contribution in [3.8, 4) is 0 Å². The molecule has 0 fully saturated rings. The first kappa shape index (κ1) is 11.4. The van der Waals surface area contributed by atoms with Gasteiger partial charge in [-0.25, -0.2) is 4.79 Å². The number of hydrogen-bond donors (Lipinski definition) is 2. The monoisotopic (exact) mass is 231 g/mol. The van der Waals surface area contributed by atoms with Crippen molar-refractivity contribution in [2.45, 2.75) is 20.3 Å². The molecule has 0 atom stereocenters. The molecule has 17 heavy (non-hydrogen) atoms. The number of fused-ring (bicyclic) bond motifs is 1. The number of carboxylic acid groups (broad SMARTS) is 1. The van der Waals surface area contributed by atoms with Crippen LogP contribution in [-0.2, 0) is 6.42 Å². The molecule has 0 saturated heterocycles. The first-order valence-corrected chi connectivity index (χ1v) is 5.44. The maximum atomic E-state index is 11.6. The zero-order valence-electron chi connectivity index (χ0n) is 9.70. The molecular weight excluding hydrogens is 218 g/mol. The highest BCUT2D eigenvalue weighted by Crippen LogP contribution is 2.26. The van der Waals surface area contributed by atoms with Crippen LogP contribution in [0.4, 0.5) is 0 Å². The molecule has 0 aliphatic carbocycles. The Bertz CT molecular complexity index is 610. The maximum absolute atomic E-state index is 11.6. The number of rotatable bonds is 3. The number of ketones is 1. The van der Waals surface area contributed by atoms with Gasteiger partial charge in [0.1, 0.15) is 5.69 Å². The average Bonchev–Trinajstić information content (AvgIpc) is 2.67. The smallest absolute Gasteiger partial charge is 0.353 e. The molecule has 0 spiro atoms. The topological polar surface area (TPSA) is 70.2 Å². The molecule has 4 nitrogen and oxygen atoms in total. The molecule has 0 amide bonds. The summed E-state index contributed by atoms with van der Waals surface area (Å²) < 4.78 is 0. The van der Waals surface area contributed by atoms with Gasteiger partial charge in [0.15, 0.2) is 5.78 Å². The molecule has 2 N–H and O–H groups in total. The van der Waals surface area contributed by atoms with Crippen LogP contribution in [0.2, 0.25) is 0 Å². The molecule has 2 aromatic rings. The second-order valence-electron chi connectivity index (χ2n) is 3.93. The Hall–Kier alpha value is -2.10. The third-order valence-corrected chi connectivity index (χ3v) is 2.87. The van der Waals surface area contributed by atoms with Crippen molar-refractivity contribution in [3.05, 3.63) is 35.0 Å². The quantitative estimate of drug-likeness (QED) is 0.798. The van der Waals surface area contributed by atoms with Crippen LogP contribution in [0.15, 0.2) is 18.2 Å². The van der Waals surface area contributed by atoms with Gasteiger partial charge in [0.2, 0.25) is 0 Å². The summed E-state index contributed by atoms with van der Waals surface area (Å²) >= 11 is 0. The molecule has 0 saturated carbocycles. The number of benzene rings is 1. The first-order valence-electron chi connectivity index (χ1n) is 5.44. The van der Waals surface area contributed by atoms with Gasteiger partial charge in [-0.2, -0.15) is 0 Å². The van der Waals surface area contributed by atoms with E-state index < -0.39 is 5.97 Å². The second kappa shape index (κ2) is 4.05. The number of aromatic carboxylic acids is 1. The first-order chi connectivity index (χ1) is 8.06. The van der Waals surface area contributed by atoms with Crippen LogP contribution in [-0.4, -0.2) is 21.8 Å². The largest absolute Gasteiger partial charge is 0.477 e. The molecule has 0 unspecified atom stereocenters. The van der Waals surface area contributed by atoms with Crippen LogP contribution in [0, 0.1) is 0 Å². The van der Waals surface area contributed by atoms with Gasteiger partial charge < -0.3 is 10.1 Å². The van der Waals surface area contributed by atoms with E-state index >= 15 is 0 Å². The summed E-state index contributed by atoms with van der Waals surface area (Å²) in [5, 5.41) is 9.78. The van der Waals surface area contributed by atoms with Crippen molar-refractivity contribution in [1.29, 1.82) is 0 Å². The predicted molar refractivity (Wildman–Crippen MR) is 64.6 cm³/mol. The number of H-pyrrole nitrogens is 1. The Morgan fingerprint density at radius 2 is 2.06 bits per heavy atom. The van der Waals surface area contributed by atoms with Gasteiger partial charge in [-0.15, -0.1) is 0 Å². The van der Waals surface area contributed by atoms with E-state index in [1.807, 2.05) is 19.1 Å². The van der Waals surface area contributed by atoms with Gasteiger partial charge in [0, 0.05) is 5.39 Å². The molecule has 2 rings (SSSR count). The second-order valence-corrected chi connectivity index (χ2v) is 3.93. The minimum atomic E-state index is -1.10. The van der Waals surface area contributed by atoms with Crippen LogP contribution in [0.3, 0.4) is 0 Å². The van der Waals surface area contributed by atoms with Crippen molar-refractivity contribution in [2.24, 2.45) is 0 Å². The summed E-state index contributed by atoms with van der Waals surface area (Å²) in [5.74, 6) is -1.34. The number of aromatic amines is 1.